The van der Waals surface area contributed by atoms with E-state index in [4.69, 9.17) is 10.9 Å². The molecule has 1 rings (SSSR count). The Morgan fingerprint density at radius 3 is 2.83 bits per heavy atom. The maximum absolute atomic E-state index is 8.70. The highest BCUT2D eigenvalue weighted by atomic mass is 16.4. The van der Waals surface area contributed by atoms with Crippen molar-refractivity contribution in [2.24, 2.45) is 16.3 Å². The van der Waals surface area contributed by atoms with Crippen molar-refractivity contribution in [1.29, 1.82) is 0 Å². The number of oxime groups is 1. The molecule has 0 atom stereocenters. The van der Waals surface area contributed by atoms with Crippen molar-refractivity contribution in [3.05, 3.63) is 18.2 Å². The van der Waals surface area contributed by atoms with E-state index in [1.165, 1.54) is 0 Å². The van der Waals surface area contributed by atoms with Crippen molar-refractivity contribution in [2.75, 3.05) is 0 Å². The monoisotopic (exact) mass is 252 g/mol. The highest BCUT2D eigenvalue weighted by molar-refractivity contribution is 5.85. The molecular formula is C13H24N4O. The van der Waals surface area contributed by atoms with E-state index < -0.39 is 0 Å². The normalized spacial score (nSPS) is 12.9. The van der Waals surface area contributed by atoms with Crippen molar-refractivity contribution < 1.29 is 5.21 Å². The van der Waals surface area contributed by atoms with Gasteiger partial charge in [-0.15, -0.1) is 0 Å². The van der Waals surface area contributed by atoms with Crippen LogP contribution in [0, 0.1) is 5.41 Å². The van der Waals surface area contributed by atoms with Crippen LogP contribution in [0.3, 0.4) is 0 Å². The second kappa shape index (κ2) is 6.42. The third-order valence-electron chi connectivity index (χ3n) is 3.37. The fourth-order valence-corrected chi connectivity index (χ4v) is 1.97. The summed E-state index contributed by atoms with van der Waals surface area (Å²) in [5.41, 5.74) is 5.42. The second-order valence-electron chi connectivity index (χ2n) is 5.22. The van der Waals surface area contributed by atoms with Crippen LogP contribution in [0.15, 0.2) is 17.5 Å². The first-order valence-corrected chi connectivity index (χ1v) is 6.49. The van der Waals surface area contributed by atoms with Gasteiger partial charge in [0.15, 0.2) is 0 Å². The van der Waals surface area contributed by atoms with Gasteiger partial charge in [0.2, 0.25) is 0 Å². The van der Waals surface area contributed by atoms with Gasteiger partial charge in [-0.25, -0.2) is 4.98 Å². The maximum Gasteiger partial charge on any atom is 0.144 e. The van der Waals surface area contributed by atoms with Crippen molar-refractivity contribution in [1.82, 2.24) is 9.55 Å². The average Bonchev–Trinajstić information content (AvgIpc) is 2.80. The van der Waals surface area contributed by atoms with Crippen molar-refractivity contribution in [2.45, 2.75) is 53.0 Å². The fraction of sp³-hybridized carbons (Fsp3) is 0.692. The zero-order valence-corrected chi connectivity index (χ0v) is 11.6. The van der Waals surface area contributed by atoms with Crippen LogP contribution in [0.1, 0.15) is 45.9 Å². The number of imidazole rings is 1. The Morgan fingerprint density at radius 1 is 1.50 bits per heavy atom. The molecule has 0 aliphatic rings. The van der Waals surface area contributed by atoms with Gasteiger partial charge < -0.3 is 15.5 Å². The molecule has 5 nitrogen and oxygen atoms in total. The molecule has 18 heavy (non-hydrogen) atoms. The van der Waals surface area contributed by atoms with Crippen LogP contribution in [-0.4, -0.2) is 20.6 Å². The van der Waals surface area contributed by atoms with E-state index in [9.17, 15) is 0 Å². The fourth-order valence-electron chi connectivity index (χ4n) is 1.97. The topological polar surface area (TPSA) is 76.4 Å². The van der Waals surface area contributed by atoms with Crippen LogP contribution in [0.5, 0.6) is 0 Å². The Morgan fingerprint density at radius 2 is 2.22 bits per heavy atom. The van der Waals surface area contributed by atoms with Crippen molar-refractivity contribution in [3.63, 3.8) is 0 Å². The van der Waals surface area contributed by atoms with E-state index in [-0.39, 0.29) is 5.41 Å². The maximum atomic E-state index is 8.70. The van der Waals surface area contributed by atoms with Crippen molar-refractivity contribution in [3.8, 4) is 0 Å². The number of nitrogens with two attached hydrogens (primary N) is 1. The second-order valence-corrected chi connectivity index (χ2v) is 5.22. The van der Waals surface area contributed by atoms with Crippen LogP contribution in [0.4, 0.5) is 0 Å². The highest BCUT2D eigenvalue weighted by Crippen LogP contribution is 2.23. The van der Waals surface area contributed by atoms with Crippen LogP contribution in [-0.2, 0) is 13.0 Å². The number of amidine groups is 1. The lowest BCUT2D eigenvalue weighted by Crippen LogP contribution is -2.31. The Kier molecular flexibility index (Phi) is 5.19. The summed E-state index contributed by atoms with van der Waals surface area (Å²) in [6.07, 6.45) is 7.87. The Labute approximate surface area is 109 Å². The Hall–Kier alpha value is -1.52. The SMILES string of the molecule is CCc1nccn1CCCCC(C)(C)/C(N)=N/O. The summed E-state index contributed by atoms with van der Waals surface area (Å²) in [6, 6.07) is 0. The minimum Gasteiger partial charge on any atom is -0.409 e. The molecule has 0 amide bonds. The van der Waals surface area contributed by atoms with Gasteiger partial charge in [-0.3, -0.25) is 0 Å². The van der Waals surface area contributed by atoms with Gasteiger partial charge >= 0.3 is 0 Å². The summed E-state index contributed by atoms with van der Waals surface area (Å²) >= 11 is 0. The van der Waals surface area contributed by atoms with Crippen molar-refractivity contribution >= 4 is 5.84 Å². The highest BCUT2D eigenvalue weighted by Gasteiger charge is 2.22. The van der Waals surface area contributed by atoms with Gasteiger partial charge in [0.1, 0.15) is 11.7 Å². The predicted octanol–water partition coefficient (Wildman–Crippen LogP) is 2.39. The summed E-state index contributed by atoms with van der Waals surface area (Å²) in [5.74, 6) is 1.44. The molecule has 1 heterocycles. The summed E-state index contributed by atoms with van der Waals surface area (Å²) < 4.78 is 2.19. The van der Waals surface area contributed by atoms with Gasteiger partial charge in [0.25, 0.3) is 0 Å². The number of hydrogen-bond donors (Lipinski definition) is 2. The summed E-state index contributed by atoms with van der Waals surface area (Å²) in [4.78, 5) is 4.29. The lowest BCUT2D eigenvalue weighted by Gasteiger charge is -2.22. The first kappa shape index (κ1) is 14.5. The number of hydrogen-bond acceptors (Lipinski definition) is 3. The van der Waals surface area contributed by atoms with Crippen LogP contribution >= 0.6 is 0 Å². The molecule has 1 aromatic rings. The van der Waals surface area contributed by atoms with E-state index in [0.717, 1.165) is 38.1 Å². The zero-order valence-electron chi connectivity index (χ0n) is 11.6. The molecule has 0 unspecified atom stereocenters. The number of rotatable bonds is 7. The number of aromatic nitrogens is 2. The molecule has 0 aliphatic heterocycles. The number of nitrogens with zero attached hydrogens (tertiary/aromatic N) is 3. The van der Waals surface area contributed by atoms with Crippen LogP contribution < -0.4 is 5.73 Å². The average molecular weight is 252 g/mol. The quantitative estimate of drug-likeness (QED) is 0.257. The molecule has 0 saturated heterocycles. The smallest absolute Gasteiger partial charge is 0.144 e. The lowest BCUT2D eigenvalue weighted by atomic mass is 9.86. The number of aryl methyl sites for hydroxylation is 2. The third kappa shape index (κ3) is 3.75. The van der Waals surface area contributed by atoms with Gasteiger partial charge in [0.05, 0.1) is 0 Å². The predicted molar refractivity (Wildman–Crippen MR) is 72.6 cm³/mol. The van der Waals surface area contributed by atoms with E-state index in [0.29, 0.717) is 5.84 Å². The van der Waals surface area contributed by atoms with Gasteiger partial charge in [0, 0.05) is 30.8 Å². The van der Waals surface area contributed by atoms with Crippen LogP contribution in [0.25, 0.3) is 0 Å². The molecule has 0 saturated carbocycles. The van der Waals surface area contributed by atoms with E-state index in [1.54, 1.807) is 0 Å². The minimum absolute atomic E-state index is 0.239. The summed E-state index contributed by atoms with van der Waals surface area (Å²) in [6.45, 7) is 7.09. The largest absolute Gasteiger partial charge is 0.409 e. The number of unbranched alkanes of at least 4 members (excludes halogenated alkanes) is 1. The summed E-state index contributed by atoms with van der Waals surface area (Å²) in [7, 11) is 0. The van der Waals surface area contributed by atoms with Gasteiger partial charge in [-0.2, -0.15) is 0 Å². The molecule has 0 aromatic carbocycles. The Balaban J connectivity index is 2.35. The zero-order chi connectivity index (χ0) is 13.6. The molecule has 0 aliphatic carbocycles. The molecule has 5 heteroatoms. The molecule has 0 bridgehead atoms. The molecule has 1 aromatic heterocycles. The Bertz CT molecular complexity index is 395. The molecule has 0 fully saturated rings. The molecule has 0 radical (unpaired) electrons. The molecule has 3 N–H and O–H groups in total. The van der Waals surface area contributed by atoms with E-state index in [1.807, 2.05) is 26.2 Å². The van der Waals surface area contributed by atoms with Gasteiger partial charge in [-0.05, 0) is 12.8 Å². The van der Waals surface area contributed by atoms with Crippen LogP contribution in [0.2, 0.25) is 0 Å². The van der Waals surface area contributed by atoms with E-state index >= 15 is 0 Å². The third-order valence-corrected chi connectivity index (χ3v) is 3.37. The van der Waals surface area contributed by atoms with E-state index in [2.05, 4.69) is 21.6 Å². The standard InChI is InChI=1S/C13H24N4O/c1-4-11-15-8-10-17(11)9-6-5-7-13(2,3)12(14)16-18/h8,10,18H,4-7,9H2,1-3H3,(H2,14,16). The first-order chi connectivity index (χ1) is 8.51. The lowest BCUT2D eigenvalue weighted by molar-refractivity contribution is 0.304. The molecule has 0 spiro atoms. The van der Waals surface area contributed by atoms with Gasteiger partial charge in [-0.1, -0.05) is 32.3 Å². The first-order valence-electron chi connectivity index (χ1n) is 6.49. The molecule has 102 valence electrons. The minimum atomic E-state index is -0.239. The summed E-state index contributed by atoms with van der Waals surface area (Å²) in [5, 5.41) is 11.8. The molecular weight excluding hydrogens is 228 g/mol.